The Morgan fingerprint density at radius 3 is 2.75 bits per heavy atom. The molecule has 1 heterocycles. The molecule has 1 aliphatic carbocycles. The fourth-order valence-electron chi connectivity index (χ4n) is 1.89. The van der Waals surface area contributed by atoms with E-state index in [2.05, 4.69) is 23.3 Å². The van der Waals surface area contributed by atoms with Crippen molar-refractivity contribution in [2.75, 3.05) is 19.8 Å². The van der Waals surface area contributed by atoms with Crippen LogP contribution in [0.15, 0.2) is 18.2 Å². The van der Waals surface area contributed by atoms with Crippen molar-refractivity contribution in [2.24, 2.45) is 0 Å². The van der Waals surface area contributed by atoms with Crippen LogP contribution in [0.2, 0.25) is 0 Å². The normalized spacial score (nSPS) is 14.7. The first-order valence-electron chi connectivity index (χ1n) is 7.72. The molecule has 1 aliphatic rings. The molecule has 0 radical (unpaired) electrons. The summed E-state index contributed by atoms with van der Waals surface area (Å²) in [6.07, 6.45) is 4.91. The summed E-state index contributed by atoms with van der Waals surface area (Å²) in [6.45, 7) is 5.73. The summed E-state index contributed by atoms with van der Waals surface area (Å²) in [6, 6.07) is 6.84. The molecule has 1 aromatic heterocycles. The lowest BCUT2D eigenvalue weighted by molar-refractivity contribution is 0.0385. The molecule has 0 unspecified atom stereocenters. The molecule has 1 saturated carbocycles. The van der Waals surface area contributed by atoms with Crippen LogP contribution in [0, 0.1) is 0 Å². The third-order valence-corrected chi connectivity index (χ3v) is 3.28. The van der Waals surface area contributed by atoms with Crippen molar-refractivity contribution in [3.8, 4) is 0 Å². The number of unbranched alkanes of at least 4 members (excludes halogenated alkanes) is 1. The van der Waals surface area contributed by atoms with Gasteiger partial charge in [-0.15, -0.1) is 0 Å². The van der Waals surface area contributed by atoms with E-state index in [0.717, 1.165) is 37.0 Å². The summed E-state index contributed by atoms with van der Waals surface area (Å²) in [5.74, 6) is 0. The van der Waals surface area contributed by atoms with Gasteiger partial charge in [0, 0.05) is 19.2 Å². The minimum absolute atomic E-state index is 0.564. The summed E-state index contributed by atoms with van der Waals surface area (Å²) < 4.78 is 11.0. The zero-order chi connectivity index (χ0) is 14.0. The molecular formula is C16H26N2O2. The molecule has 112 valence electrons. The summed E-state index contributed by atoms with van der Waals surface area (Å²) in [4.78, 5) is 4.59. The first kappa shape index (κ1) is 15.4. The molecule has 0 aromatic carbocycles. The van der Waals surface area contributed by atoms with E-state index in [1.165, 1.54) is 19.3 Å². The van der Waals surface area contributed by atoms with Crippen molar-refractivity contribution >= 4 is 0 Å². The van der Waals surface area contributed by atoms with Crippen LogP contribution in [0.1, 0.15) is 44.0 Å². The molecule has 1 N–H and O–H groups in total. The quantitative estimate of drug-likeness (QED) is 0.632. The van der Waals surface area contributed by atoms with Gasteiger partial charge in [0.15, 0.2) is 0 Å². The Bertz CT molecular complexity index is 380. The van der Waals surface area contributed by atoms with E-state index in [-0.39, 0.29) is 0 Å². The van der Waals surface area contributed by atoms with Crippen LogP contribution >= 0.6 is 0 Å². The van der Waals surface area contributed by atoms with Crippen molar-refractivity contribution in [1.82, 2.24) is 10.3 Å². The van der Waals surface area contributed by atoms with Crippen LogP contribution in [0.25, 0.3) is 0 Å². The van der Waals surface area contributed by atoms with Gasteiger partial charge in [0.25, 0.3) is 0 Å². The second kappa shape index (κ2) is 9.06. The van der Waals surface area contributed by atoms with Crippen LogP contribution in [0.3, 0.4) is 0 Å². The lowest BCUT2D eigenvalue weighted by Gasteiger charge is -2.07. The van der Waals surface area contributed by atoms with E-state index < -0.39 is 0 Å². The Balaban J connectivity index is 1.58. The third-order valence-electron chi connectivity index (χ3n) is 3.28. The van der Waals surface area contributed by atoms with Gasteiger partial charge in [-0.3, -0.25) is 4.98 Å². The van der Waals surface area contributed by atoms with E-state index in [0.29, 0.717) is 19.8 Å². The molecule has 0 saturated heterocycles. The lowest BCUT2D eigenvalue weighted by atomic mass is 10.3. The molecule has 0 spiro atoms. The zero-order valence-corrected chi connectivity index (χ0v) is 12.4. The van der Waals surface area contributed by atoms with Crippen molar-refractivity contribution in [2.45, 2.75) is 51.8 Å². The van der Waals surface area contributed by atoms with Crippen LogP contribution in [-0.4, -0.2) is 30.8 Å². The average Bonchev–Trinajstić information content (AvgIpc) is 3.29. The van der Waals surface area contributed by atoms with Crippen LogP contribution in [-0.2, 0) is 22.6 Å². The predicted octanol–water partition coefficient (Wildman–Crippen LogP) is 2.67. The topological polar surface area (TPSA) is 43.4 Å². The van der Waals surface area contributed by atoms with Crippen molar-refractivity contribution in [1.29, 1.82) is 0 Å². The molecule has 20 heavy (non-hydrogen) atoms. The van der Waals surface area contributed by atoms with Crippen molar-refractivity contribution in [3.05, 3.63) is 29.6 Å². The molecule has 0 amide bonds. The predicted molar refractivity (Wildman–Crippen MR) is 79.5 cm³/mol. The number of nitrogens with one attached hydrogen (secondary N) is 1. The Morgan fingerprint density at radius 1 is 1.15 bits per heavy atom. The molecule has 1 fully saturated rings. The smallest absolute Gasteiger partial charge is 0.0889 e. The maximum Gasteiger partial charge on any atom is 0.0889 e. The monoisotopic (exact) mass is 278 g/mol. The van der Waals surface area contributed by atoms with Gasteiger partial charge in [-0.1, -0.05) is 19.4 Å². The molecule has 1 aromatic rings. The summed E-state index contributed by atoms with van der Waals surface area (Å²) in [7, 11) is 0. The van der Waals surface area contributed by atoms with E-state index in [1.54, 1.807) is 0 Å². The minimum atomic E-state index is 0.564. The molecular weight excluding hydrogens is 252 g/mol. The number of hydrogen-bond acceptors (Lipinski definition) is 4. The third kappa shape index (κ3) is 6.46. The first-order chi connectivity index (χ1) is 9.88. The fraction of sp³-hybridized carbons (Fsp3) is 0.688. The van der Waals surface area contributed by atoms with Gasteiger partial charge < -0.3 is 14.8 Å². The van der Waals surface area contributed by atoms with Gasteiger partial charge in [-0.2, -0.15) is 0 Å². The lowest BCUT2D eigenvalue weighted by Crippen LogP contribution is -2.16. The zero-order valence-electron chi connectivity index (χ0n) is 12.4. The fourth-order valence-corrected chi connectivity index (χ4v) is 1.89. The summed E-state index contributed by atoms with van der Waals surface area (Å²) >= 11 is 0. The Morgan fingerprint density at radius 2 is 1.95 bits per heavy atom. The van der Waals surface area contributed by atoms with Gasteiger partial charge >= 0.3 is 0 Å². The highest BCUT2D eigenvalue weighted by Gasteiger charge is 2.20. The number of aromatic nitrogens is 1. The largest absolute Gasteiger partial charge is 0.379 e. The summed E-state index contributed by atoms with van der Waals surface area (Å²) in [5.41, 5.74) is 2.09. The SMILES string of the molecule is CCCCOCCOCc1cccc(CNC2CC2)n1. The Labute approximate surface area is 121 Å². The number of hydrogen-bond donors (Lipinski definition) is 1. The maximum atomic E-state index is 5.58. The van der Waals surface area contributed by atoms with Gasteiger partial charge in [0.05, 0.1) is 31.2 Å². The number of rotatable bonds is 11. The van der Waals surface area contributed by atoms with E-state index in [1.807, 2.05) is 12.1 Å². The highest BCUT2D eigenvalue weighted by atomic mass is 16.5. The molecule has 2 rings (SSSR count). The average molecular weight is 278 g/mol. The van der Waals surface area contributed by atoms with Crippen molar-refractivity contribution < 1.29 is 9.47 Å². The second-order valence-corrected chi connectivity index (χ2v) is 5.29. The summed E-state index contributed by atoms with van der Waals surface area (Å²) in [5, 5.41) is 3.47. The number of nitrogens with zero attached hydrogens (tertiary/aromatic N) is 1. The number of ether oxygens (including phenoxy) is 2. The van der Waals surface area contributed by atoms with E-state index in [4.69, 9.17) is 9.47 Å². The van der Waals surface area contributed by atoms with E-state index in [9.17, 15) is 0 Å². The Kier molecular flexibility index (Phi) is 6.98. The molecule has 4 nitrogen and oxygen atoms in total. The first-order valence-corrected chi connectivity index (χ1v) is 7.72. The highest BCUT2D eigenvalue weighted by Crippen LogP contribution is 2.19. The maximum absolute atomic E-state index is 5.58. The van der Waals surface area contributed by atoms with E-state index >= 15 is 0 Å². The standard InChI is InChI=1S/C16H26N2O2/c1-2-3-9-19-10-11-20-13-16-6-4-5-15(18-16)12-17-14-7-8-14/h4-6,14,17H,2-3,7-13H2,1H3. The van der Waals surface area contributed by atoms with Crippen LogP contribution in [0.5, 0.6) is 0 Å². The van der Waals surface area contributed by atoms with Gasteiger partial charge in [0.2, 0.25) is 0 Å². The highest BCUT2D eigenvalue weighted by molar-refractivity contribution is 5.10. The second-order valence-electron chi connectivity index (χ2n) is 5.29. The van der Waals surface area contributed by atoms with Crippen LogP contribution in [0.4, 0.5) is 0 Å². The van der Waals surface area contributed by atoms with Gasteiger partial charge in [0.1, 0.15) is 0 Å². The Hall–Kier alpha value is -0.970. The van der Waals surface area contributed by atoms with Crippen molar-refractivity contribution in [3.63, 3.8) is 0 Å². The van der Waals surface area contributed by atoms with Gasteiger partial charge in [-0.25, -0.2) is 0 Å². The number of pyridine rings is 1. The minimum Gasteiger partial charge on any atom is -0.379 e. The molecule has 0 aliphatic heterocycles. The van der Waals surface area contributed by atoms with Crippen LogP contribution < -0.4 is 5.32 Å². The molecule has 4 heteroatoms. The molecule has 0 bridgehead atoms. The van der Waals surface area contributed by atoms with Gasteiger partial charge in [-0.05, 0) is 31.4 Å². The molecule has 0 atom stereocenters.